The molecule has 168 valence electrons. The summed E-state index contributed by atoms with van der Waals surface area (Å²) in [5.41, 5.74) is 2.99. The van der Waals surface area contributed by atoms with Crippen LogP contribution in [0, 0.1) is 0 Å². The van der Waals surface area contributed by atoms with Crippen molar-refractivity contribution in [3.63, 3.8) is 0 Å². The van der Waals surface area contributed by atoms with E-state index in [9.17, 15) is 4.79 Å². The van der Waals surface area contributed by atoms with Gasteiger partial charge in [0.25, 0.3) is 5.91 Å². The van der Waals surface area contributed by atoms with E-state index in [-0.39, 0.29) is 12.5 Å². The van der Waals surface area contributed by atoms with Crippen molar-refractivity contribution < 1.29 is 9.53 Å². The van der Waals surface area contributed by atoms with Crippen LogP contribution in [-0.2, 0) is 6.54 Å². The summed E-state index contributed by atoms with van der Waals surface area (Å²) in [4.78, 5) is 19.6. The number of halogens is 1. The highest BCUT2D eigenvalue weighted by Crippen LogP contribution is 2.20. The average molecular weight is 462 g/mol. The fourth-order valence-corrected chi connectivity index (χ4v) is 3.27. The van der Waals surface area contributed by atoms with Crippen LogP contribution < -0.4 is 15.0 Å². The van der Waals surface area contributed by atoms with Crippen LogP contribution in [0.25, 0.3) is 11.4 Å². The van der Waals surface area contributed by atoms with Crippen molar-refractivity contribution in [1.82, 2.24) is 14.8 Å². The zero-order chi connectivity index (χ0) is 23.2. The summed E-state index contributed by atoms with van der Waals surface area (Å²) < 4.78 is 6.87. The molecule has 1 N–H and O–H groups in total. The quantitative estimate of drug-likeness (QED) is 0.398. The van der Waals surface area contributed by atoms with E-state index in [0.29, 0.717) is 29.1 Å². The molecule has 7 nitrogen and oxygen atoms in total. The Bertz CT molecular complexity index is 1210. The molecular weight excluding hydrogens is 438 g/mol. The minimum Gasteiger partial charge on any atom is -0.484 e. The average Bonchev–Trinajstić information content (AvgIpc) is 3.27. The number of aromatic nitrogens is 3. The first-order valence-electron chi connectivity index (χ1n) is 10.4. The van der Waals surface area contributed by atoms with Gasteiger partial charge in [-0.05, 0) is 42.0 Å². The van der Waals surface area contributed by atoms with Crippen molar-refractivity contribution in [2.24, 2.45) is 0 Å². The van der Waals surface area contributed by atoms with Gasteiger partial charge in [-0.25, -0.2) is 0 Å². The Labute approximate surface area is 197 Å². The second kappa shape index (κ2) is 10.2. The minimum absolute atomic E-state index is 0.189. The molecule has 0 saturated carbocycles. The topological polar surface area (TPSA) is 72.3 Å². The van der Waals surface area contributed by atoms with Crippen LogP contribution in [-0.4, -0.2) is 41.4 Å². The molecule has 0 unspecified atom stereocenters. The number of nitrogens with one attached hydrogen (secondary N) is 1. The fraction of sp³-hybridized carbons (Fsp3) is 0.160. The summed E-state index contributed by atoms with van der Waals surface area (Å²) in [6.07, 6.45) is 0. The predicted molar refractivity (Wildman–Crippen MR) is 131 cm³/mol. The highest BCUT2D eigenvalue weighted by molar-refractivity contribution is 6.30. The molecule has 0 atom stereocenters. The number of ether oxygens (including phenoxy) is 1. The Morgan fingerprint density at radius 2 is 1.70 bits per heavy atom. The van der Waals surface area contributed by atoms with Crippen molar-refractivity contribution >= 4 is 29.1 Å². The summed E-state index contributed by atoms with van der Waals surface area (Å²) in [5, 5.41) is 8.28. The Kier molecular flexibility index (Phi) is 6.90. The highest BCUT2D eigenvalue weighted by atomic mass is 35.5. The van der Waals surface area contributed by atoms with Crippen molar-refractivity contribution in [1.29, 1.82) is 0 Å². The first-order chi connectivity index (χ1) is 16.0. The van der Waals surface area contributed by atoms with Gasteiger partial charge in [-0.1, -0.05) is 54.1 Å². The third kappa shape index (κ3) is 5.70. The van der Waals surface area contributed by atoms with E-state index in [4.69, 9.17) is 16.3 Å². The van der Waals surface area contributed by atoms with E-state index < -0.39 is 0 Å². The molecule has 0 spiro atoms. The minimum atomic E-state index is -0.343. The van der Waals surface area contributed by atoms with Gasteiger partial charge in [0.15, 0.2) is 12.4 Å². The lowest BCUT2D eigenvalue weighted by Gasteiger charge is -2.13. The molecule has 33 heavy (non-hydrogen) atoms. The molecule has 1 heterocycles. The second-order valence-electron chi connectivity index (χ2n) is 7.59. The molecule has 0 aliphatic rings. The van der Waals surface area contributed by atoms with Gasteiger partial charge < -0.3 is 15.0 Å². The summed E-state index contributed by atoms with van der Waals surface area (Å²) >= 11 is 5.91. The van der Waals surface area contributed by atoms with Gasteiger partial charge in [0, 0.05) is 36.9 Å². The summed E-state index contributed by atoms with van der Waals surface area (Å²) in [5.74, 6) is 1.02. The smallest absolute Gasteiger partial charge is 0.287 e. The van der Waals surface area contributed by atoms with Gasteiger partial charge in [0.05, 0.1) is 0 Å². The van der Waals surface area contributed by atoms with Gasteiger partial charge in [-0.15, -0.1) is 5.10 Å². The van der Waals surface area contributed by atoms with Gasteiger partial charge in [0.2, 0.25) is 5.95 Å². The Morgan fingerprint density at radius 3 is 2.36 bits per heavy atom. The van der Waals surface area contributed by atoms with E-state index in [0.717, 1.165) is 16.8 Å². The summed E-state index contributed by atoms with van der Waals surface area (Å²) in [6.45, 7) is 0.303. The van der Waals surface area contributed by atoms with Gasteiger partial charge in [-0.2, -0.15) is 9.67 Å². The molecule has 4 rings (SSSR count). The zero-order valence-electron chi connectivity index (χ0n) is 18.4. The van der Waals surface area contributed by atoms with E-state index in [1.54, 1.807) is 24.3 Å². The number of carbonyl (C=O) groups is 1. The molecule has 4 aromatic rings. The molecule has 0 fully saturated rings. The van der Waals surface area contributed by atoms with Crippen LogP contribution in [0.5, 0.6) is 5.75 Å². The number of anilines is 2. The van der Waals surface area contributed by atoms with Gasteiger partial charge in [0.1, 0.15) is 5.75 Å². The molecule has 0 saturated heterocycles. The van der Waals surface area contributed by atoms with Crippen LogP contribution in [0.15, 0.2) is 78.9 Å². The first kappa shape index (κ1) is 22.4. The number of rotatable bonds is 8. The number of hydrogen-bond acceptors (Lipinski definition) is 6. The largest absolute Gasteiger partial charge is 0.484 e. The molecule has 0 amide bonds. The molecule has 1 aromatic heterocycles. The molecule has 0 bridgehead atoms. The lowest BCUT2D eigenvalue weighted by Crippen LogP contribution is -2.22. The lowest BCUT2D eigenvalue weighted by atomic mass is 10.2. The maximum atomic E-state index is 12.9. The molecule has 0 aliphatic carbocycles. The van der Waals surface area contributed by atoms with Gasteiger partial charge in [-0.3, -0.25) is 4.79 Å². The van der Waals surface area contributed by atoms with E-state index in [2.05, 4.69) is 15.4 Å². The van der Waals surface area contributed by atoms with Crippen molar-refractivity contribution in [3.8, 4) is 17.1 Å². The van der Waals surface area contributed by atoms with Crippen molar-refractivity contribution in [2.45, 2.75) is 6.54 Å². The third-order valence-electron chi connectivity index (χ3n) is 4.95. The first-order valence-corrected chi connectivity index (χ1v) is 10.8. The van der Waals surface area contributed by atoms with Crippen LogP contribution in [0.2, 0.25) is 5.02 Å². The number of benzene rings is 3. The highest BCUT2D eigenvalue weighted by Gasteiger charge is 2.18. The third-order valence-corrected chi connectivity index (χ3v) is 5.21. The number of carbonyl (C=O) groups excluding carboxylic acids is 1. The van der Waals surface area contributed by atoms with Crippen LogP contribution in [0.4, 0.5) is 11.6 Å². The van der Waals surface area contributed by atoms with Gasteiger partial charge >= 0.3 is 0 Å². The molecule has 8 heteroatoms. The number of nitrogens with zero attached hydrogens (tertiary/aromatic N) is 4. The normalized spacial score (nSPS) is 10.6. The standard InChI is InChI=1S/C25H24ClN5O2/c1-30(2)21-12-8-18(9-13-21)16-27-25-28-24(19-6-4-3-5-7-19)29-31(25)23(32)17-33-22-14-10-20(26)11-15-22/h3-15H,16-17H2,1-2H3,(H,27,28,29). The molecular formula is C25H24ClN5O2. The Balaban J connectivity index is 1.53. The van der Waals surface area contributed by atoms with Crippen molar-refractivity contribution in [3.05, 3.63) is 89.4 Å². The van der Waals surface area contributed by atoms with E-state index in [1.807, 2.05) is 73.6 Å². The maximum absolute atomic E-state index is 12.9. The van der Waals surface area contributed by atoms with E-state index in [1.165, 1.54) is 4.68 Å². The predicted octanol–water partition coefficient (Wildman–Crippen LogP) is 5.00. The maximum Gasteiger partial charge on any atom is 0.287 e. The molecule has 3 aromatic carbocycles. The van der Waals surface area contributed by atoms with Crippen LogP contribution in [0.3, 0.4) is 0 Å². The fourth-order valence-electron chi connectivity index (χ4n) is 3.14. The van der Waals surface area contributed by atoms with Crippen LogP contribution in [0.1, 0.15) is 10.4 Å². The Hall–Kier alpha value is -3.84. The zero-order valence-corrected chi connectivity index (χ0v) is 19.2. The molecule has 0 radical (unpaired) electrons. The monoisotopic (exact) mass is 461 g/mol. The number of hydrogen-bond donors (Lipinski definition) is 1. The molecule has 0 aliphatic heterocycles. The van der Waals surface area contributed by atoms with Crippen LogP contribution >= 0.6 is 11.6 Å². The second-order valence-corrected chi connectivity index (χ2v) is 8.02. The lowest BCUT2D eigenvalue weighted by molar-refractivity contribution is 0.0824. The van der Waals surface area contributed by atoms with E-state index >= 15 is 0 Å². The summed E-state index contributed by atoms with van der Waals surface area (Å²) in [6, 6.07) is 24.5. The SMILES string of the molecule is CN(C)c1ccc(CNc2nc(-c3ccccc3)nn2C(=O)COc2ccc(Cl)cc2)cc1. The van der Waals surface area contributed by atoms with Crippen molar-refractivity contribution in [2.75, 3.05) is 30.9 Å². The summed E-state index contributed by atoms with van der Waals surface area (Å²) in [7, 11) is 4.00. The Morgan fingerprint density at radius 1 is 1.00 bits per heavy atom.